The lowest BCUT2D eigenvalue weighted by atomic mass is 10.0. The Balaban J connectivity index is 5.93. The summed E-state index contributed by atoms with van der Waals surface area (Å²) < 4.78 is 0. The van der Waals surface area contributed by atoms with Crippen LogP contribution in [0.25, 0.3) is 0 Å². The number of hydrogen-bond donors (Lipinski definition) is 16. The number of rotatable bonds is 35. The second kappa shape index (κ2) is 32.7. The molecule has 0 unspecified atom stereocenters. The van der Waals surface area contributed by atoms with Crippen LogP contribution < -0.4 is 59.3 Å². The fourth-order valence-corrected chi connectivity index (χ4v) is 6.25. The standard InChI is InChI=1S/C42H71N11O18/c1-19(2)13-25(40(68)53-29(18-54)41(69)51-26(14-20(3)4)39(67)52-28(42(70)71)16-33(60)61)49-34(62)22(6)47-38(66)27(15-32(58)59)50-35(63)21(5)46-37(65)24(10-11-31(56)57)48-30(55)17-45-36(64)23(44)9-7-8-12-43/h19-29,54H,7-18,43-44H2,1-6H3,(H,45,64)(H,46,65)(H,47,66)(H,48,55)(H,49,62)(H,50,63)(H,51,69)(H,52,67)(H,53,68)(H,56,57)(H,58,59)(H,60,61)(H,70,71)/t21-,22-,23-,24-,25-,26-,27-,28-,29-/m0/s1. The van der Waals surface area contributed by atoms with Gasteiger partial charge in [0.2, 0.25) is 53.2 Å². The second-order valence-corrected chi connectivity index (χ2v) is 17.4. The molecular weight excluding hydrogens is 947 g/mol. The van der Waals surface area contributed by atoms with Crippen molar-refractivity contribution in [2.45, 2.75) is 154 Å². The topological polar surface area (TPSA) is 483 Å². The molecule has 0 bridgehead atoms. The molecule has 9 amide bonds. The molecule has 0 aliphatic carbocycles. The van der Waals surface area contributed by atoms with Crippen LogP contribution in [0.1, 0.15) is 99.3 Å². The first-order chi connectivity index (χ1) is 33.0. The van der Waals surface area contributed by atoms with Gasteiger partial charge in [0, 0.05) is 6.42 Å². The van der Waals surface area contributed by atoms with E-state index in [2.05, 4.69) is 42.5 Å². The summed E-state index contributed by atoms with van der Waals surface area (Å²) in [6.07, 6.45) is -1.82. The Morgan fingerprint density at radius 3 is 1.30 bits per heavy atom. The van der Waals surface area contributed by atoms with Crippen molar-refractivity contribution in [1.29, 1.82) is 0 Å². The first-order valence-electron chi connectivity index (χ1n) is 22.7. The number of nitrogens with two attached hydrogens (primary N) is 2. The van der Waals surface area contributed by atoms with Crippen molar-refractivity contribution in [2.24, 2.45) is 23.3 Å². The van der Waals surface area contributed by atoms with E-state index in [1.165, 1.54) is 0 Å². The zero-order valence-corrected chi connectivity index (χ0v) is 40.5. The predicted octanol–water partition coefficient (Wildman–Crippen LogP) is -5.54. The third kappa shape index (κ3) is 26.5. The van der Waals surface area contributed by atoms with Crippen LogP contribution in [0.2, 0.25) is 0 Å². The third-order valence-corrected chi connectivity index (χ3v) is 10.0. The molecule has 0 aromatic carbocycles. The number of carbonyl (C=O) groups is 13. The number of aliphatic hydroxyl groups is 1. The summed E-state index contributed by atoms with van der Waals surface area (Å²) in [6, 6.07) is -14.0. The Morgan fingerprint density at radius 2 is 0.859 bits per heavy atom. The lowest BCUT2D eigenvalue weighted by Crippen LogP contribution is -2.60. The lowest BCUT2D eigenvalue weighted by molar-refractivity contribution is -0.147. The van der Waals surface area contributed by atoms with Crippen molar-refractivity contribution in [2.75, 3.05) is 19.7 Å². The molecule has 0 fully saturated rings. The summed E-state index contributed by atoms with van der Waals surface area (Å²) >= 11 is 0. The number of carboxylic acid groups (broad SMARTS) is 4. The highest BCUT2D eigenvalue weighted by Crippen LogP contribution is 2.10. The number of aliphatic carboxylic acids is 4. The highest BCUT2D eigenvalue weighted by molar-refractivity contribution is 5.99. The van der Waals surface area contributed by atoms with Gasteiger partial charge in [-0.25, -0.2) is 4.79 Å². The maximum atomic E-state index is 13.5. The van der Waals surface area contributed by atoms with Crippen LogP contribution in [0.4, 0.5) is 0 Å². The molecule has 402 valence electrons. The van der Waals surface area contributed by atoms with Crippen LogP contribution in [0.15, 0.2) is 0 Å². The van der Waals surface area contributed by atoms with Crippen molar-refractivity contribution < 1.29 is 87.9 Å². The van der Waals surface area contributed by atoms with Gasteiger partial charge in [0.15, 0.2) is 0 Å². The quantitative estimate of drug-likeness (QED) is 0.0263. The van der Waals surface area contributed by atoms with Gasteiger partial charge in [0.25, 0.3) is 0 Å². The van der Waals surface area contributed by atoms with E-state index in [0.29, 0.717) is 19.4 Å². The number of unbranched alkanes of at least 4 members (excludes halogenated alkanes) is 1. The Hall–Kier alpha value is -7.01. The monoisotopic (exact) mass is 1020 g/mol. The molecule has 9 atom stereocenters. The van der Waals surface area contributed by atoms with E-state index in [1.807, 2.05) is 5.32 Å². The van der Waals surface area contributed by atoms with Crippen molar-refractivity contribution >= 4 is 77.0 Å². The van der Waals surface area contributed by atoms with Crippen LogP contribution in [0.5, 0.6) is 0 Å². The summed E-state index contributed by atoms with van der Waals surface area (Å²) in [7, 11) is 0. The molecule has 71 heavy (non-hydrogen) atoms. The van der Waals surface area contributed by atoms with Gasteiger partial charge >= 0.3 is 23.9 Å². The third-order valence-electron chi connectivity index (χ3n) is 10.0. The second-order valence-electron chi connectivity index (χ2n) is 17.4. The van der Waals surface area contributed by atoms with Crippen LogP contribution in [0, 0.1) is 11.8 Å². The molecule has 18 N–H and O–H groups in total. The molecule has 0 heterocycles. The van der Waals surface area contributed by atoms with E-state index in [4.69, 9.17) is 16.6 Å². The number of hydrogen-bond acceptors (Lipinski definition) is 16. The van der Waals surface area contributed by atoms with Gasteiger partial charge in [-0.1, -0.05) is 34.1 Å². The predicted molar refractivity (Wildman–Crippen MR) is 246 cm³/mol. The summed E-state index contributed by atoms with van der Waals surface area (Å²) in [5.41, 5.74) is 11.2. The molecule has 0 aliphatic rings. The number of aliphatic hydroxyl groups excluding tert-OH is 1. The maximum absolute atomic E-state index is 13.5. The fraction of sp³-hybridized carbons (Fsp3) is 0.690. The largest absolute Gasteiger partial charge is 0.481 e. The van der Waals surface area contributed by atoms with Gasteiger partial charge in [-0.2, -0.15) is 0 Å². The van der Waals surface area contributed by atoms with Crippen LogP contribution in [-0.4, -0.2) is 177 Å². The Labute approximate surface area is 408 Å². The Kier molecular flexibility index (Phi) is 29.5. The van der Waals surface area contributed by atoms with Crippen molar-refractivity contribution in [1.82, 2.24) is 47.9 Å². The van der Waals surface area contributed by atoms with E-state index >= 15 is 0 Å². The van der Waals surface area contributed by atoms with Gasteiger partial charge < -0.3 is 84.9 Å². The number of amides is 9. The Bertz CT molecular complexity index is 1900. The summed E-state index contributed by atoms with van der Waals surface area (Å²) in [5, 5.41) is 67.3. The molecule has 0 rings (SSSR count). The molecule has 0 saturated heterocycles. The molecule has 0 radical (unpaired) electrons. The zero-order chi connectivity index (χ0) is 54.7. The van der Waals surface area contributed by atoms with Gasteiger partial charge in [-0.15, -0.1) is 0 Å². The van der Waals surface area contributed by atoms with Gasteiger partial charge in [0.05, 0.1) is 32.0 Å². The van der Waals surface area contributed by atoms with Crippen molar-refractivity contribution in [3.63, 3.8) is 0 Å². The minimum Gasteiger partial charge on any atom is -0.481 e. The summed E-state index contributed by atoms with van der Waals surface area (Å²) in [5.74, 6) is -15.9. The van der Waals surface area contributed by atoms with Crippen LogP contribution in [-0.2, 0) is 62.3 Å². The highest BCUT2D eigenvalue weighted by Gasteiger charge is 2.35. The summed E-state index contributed by atoms with van der Waals surface area (Å²) in [6.45, 7) is 7.62. The van der Waals surface area contributed by atoms with E-state index in [1.54, 1.807) is 27.7 Å². The van der Waals surface area contributed by atoms with E-state index < -0.39 is 170 Å². The maximum Gasteiger partial charge on any atom is 0.326 e. The van der Waals surface area contributed by atoms with Gasteiger partial charge in [-0.05, 0) is 64.3 Å². The minimum atomic E-state index is -1.88. The normalized spacial score (nSPS) is 14.8. The summed E-state index contributed by atoms with van der Waals surface area (Å²) in [4.78, 5) is 163. The number of carbonyl (C=O) groups excluding carboxylic acids is 9. The van der Waals surface area contributed by atoms with Gasteiger partial charge in [0.1, 0.15) is 48.3 Å². The molecule has 0 spiro atoms. The highest BCUT2D eigenvalue weighted by atomic mass is 16.4. The first kappa shape index (κ1) is 64.0. The molecule has 29 nitrogen and oxygen atoms in total. The zero-order valence-electron chi connectivity index (χ0n) is 40.5. The SMILES string of the molecule is CC(C)C[C@H](NC(=O)[C@H](C)NC(=O)[C@H](CC(=O)O)NC(=O)[C@H](C)NC(=O)[C@H](CCC(=O)O)NC(=O)CNC(=O)[C@@H](N)CCCCN)C(=O)N[C@@H](CO)C(=O)N[C@@H](CC(C)C)C(=O)N[C@@H](CC(=O)O)C(=O)O. The van der Waals surface area contributed by atoms with Crippen molar-refractivity contribution in [3.05, 3.63) is 0 Å². The van der Waals surface area contributed by atoms with E-state index in [-0.39, 0.29) is 31.1 Å². The van der Waals surface area contributed by atoms with Gasteiger partial charge in [-0.3, -0.25) is 57.5 Å². The molecule has 0 saturated carbocycles. The minimum absolute atomic E-state index is 0.0826. The molecule has 0 aliphatic heterocycles. The number of nitrogens with one attached hydrogen (secondary N) is 9. The van der Waals surface area contributed by atoms with Crippen LogP contribution >= 0.6 is 0 Å². The van der Waals surface area contributed by atoms with Crippen LogP contribution in [0.3, 0.4) is 0 Å². The van der Waals surface area contributed by atoms with Crippen molar-refractivity contribution in [3.8, 4) is 0 Å². The molecule has 0 aromatic heterocycles. The fourth-order valence-electron chi connectivity index (χ4n) is 6.25. The molecule has 29 heteroatoms. The molecular formula is C42H71N11O18. The molecule has 0 aromatic rings. The van der Waals surface area contributed by atoms with E-state index in [9.17, 15) is 82.8 Å². The first-order valence-corrected chi connectivity index (χ1v) is 22.7. The average molecular weight is 1020 g/mol. The smallest absolute Gasteiger partial charge is 0.326 e. The average Bonchev–Trinajstić information content (AvgIpc) is 3.26. The number of carboxylic acids is 4. The Morgan fingerprint density at radius 1 is 0.451 bits per heavy atom. The van der Waals surface area contributed by atoms with E-state index in [0.717, 1.165) is 13.8 Å². The lowest BCUT2D eigenvalue weighted by Gasteiger charge is -2.27.